The monoisotopic (exact) mass is 284 g/mol. The van der Waals surface area contributed by atoms with E-state index in [0.717, 1.165) is 21.6 Å². The Labute approximate surface area is 122 Å². The quantitative estimate of drug-likeness (QED) is 0.726. The highest BCUT2D eigenvalue weighted by atomic mass is 32.1. The molecule has 0 spiro atoms. The minimum atomic E-state index is 0.186. The van der Waals surface area contributed by atoms with E-state index in [1.165, 1.54) is 5.56 Å². The van der Waals surface area contributed by atoms with Crippen LogP contribution in [0.15, 0.2) is 48.5 Å². The Morgan fingerprint density at radius 3 is 2.60 bits per heavy atom. The number of fused-ring (bicyclic) bond motifs is 1. The lowest BCUT2D eigenvalue weighted by Gasteiger charge is -2.15. The molecule has 4 heteroatoms. The maximum Gasteiger partial charge on any atom is 0.178 e. The van der Waals surface area contributed by atoms with Crippen LogP contribution in [0.4, 0.5) is 0 Å². The van der Waals surface area contributed by atoms with Crippen molar-refractivity contribution in [3.63, 3.8) is 0 Å². The van der Waals surface area contributed by atoms with Crippen molar-refractivity contribution in [3.8, 4) is 5.75 Å². The third-order valence-electron chi connectivity index (χ3n) is 3.59. The maximum absolute atomic E-state index is 5.48. The Bertz CT molecular complexity index is 789. The SMILES string of the molecule is COc1ccc2c(c1)[nH]c(=S)n2C(C)c1ccccc1. The van der Waals surface area contributed by atoms with Crippen LogP contribution >= 0.6 is 12.2 Å². The molecular weight excluding hydrogens is 268 g/mol. The first-order valence-electron chi connectivity index (χ1n) is 6.54. The van der Waals surface area contributed by atoms with Crippen LogP contribution in [-0.2, 0) is 0 Å². The van der Waals surface area contributed by atoms with Crippen LogP contribution < -0.4 is 4.74 Å². The van der Waals surface area contributed by atoms with E-state index in [0.29, 0.717) is 0 Å². The third-order valence-corrected chi connectivity index (χ3v) is 3.89. The van der Waals surface area contributed by atoms with Gasteiger partial charge in [-0.15, -0.1) is 0 Å². The molecule has 1 aromatic heterocycles. The van der Waals surface area contributed by atoms with Gasteiger partial charge in [0.15, 0.2) is 4.77 Å². The zero-order chi connectivity index (χ0) is 14.1. The Morgan fingerprint density at radius 2 is 1.90 bits per heavy atom. The van der Waals surface area contributed by atoms with E-state index in [4.69, 9.17) is 17.0 Å². The minimum absolute atomic E-state index is 0.186. The Morgan fingerprint density at radius 1 is 1.15 bits per heavy atom. The van der Waals surface area contributed by atoms with Crippen molar-refractivity contribution in [2.45, 2.75) is 13.0 Å². The number of nitrogens with one attached hydrogen (secondary N) is 1. The van der Waals surface area contributed by atoms with Crippen LogP contribution in [-0.4, -0.2) is 16.7 Å². The molecule has 0 saturated heterocycles. The van der Waals surface area contributed by atoms with Crippen LogP contribution in [0, 0.1) is 4.77 Å². The van der Waals surface area contributed by atoms with Gasteiger partial charge in [0, 0.05) is 6.07 Å². The lowest BCUT2D eigenvalue weighted by Crippen LogP contribution is -2.06. The Kier molecular flexibility index (Phi) is 3.32. The fraction of sp³-hybridized carbons (Fsp3) is 0.188. The summed E-state index contributed by atoms with van der Waals surface area (Å²) in [5, 5.41) is 0. The van der Waals surface area contributed by atoms with E-state index in [1.54, 1.807) is 7.11 Å². The van der Waals surface area contributed by atoms with Crippen LogP contribution in [0.2, 0.25) is 0 Å². The highest BCUT2D eigenvalue weighted by Crippen LogP contribution is 2.26. The molecule has 0 bridgehead atoms. The van der Waals surface area contributed by atoms with Gasteiger partial charge in [-0.1, -0.05) is 30.3 Å². The number of methoxy groups -OCH3 is 1. The second-order valence-corrected chi connectivity index (χ2v) is 5.16. The van der Waals surface area contributed by atoms with Crippen molar-refractivity contribution in [2.75, 3.05) is 7.11 Å². The smallest absolute Gasteiger partial charge is 0.178 e. The number of hydrogen-bond acceptors (Lipinski definition) is 2. The van der Waals surface area contributed by atoms with E-state index in [2.05, 4.69) is 28.6 Å². The van der Waals surface area contributed by atoms with Gasteiger partial charge in [0.25, 0.3) is 0 Å². The minimum Gasteiger partial charge on any atom is -0.497 e. The number of H-pyrrole nitrogens is 1. The third kappa shape index (κ3) is 2.12. The first-order chi connectivity index (χ1) is 9.70. The molecule has 0 aliphatic heterocycles. The Hall–Kier alpha value is -2.07. The molecule has 0 radical (unpaired) electrons. The van der Waals surface area contributed by atoms with Crippen LogP contribution in [0.3, 0.4) is 0 Å². The summed E-state index contributed by atoms with van der Waals surface area (Å²) in [5.74, 6) is 0.827. The average Bonchev–Trinajstić information content (AvgIpc) is 2.82. The lowest BCUT2D eigenvalue weighted by atomic mass is 10.1. The summed E-state index contributed by atoms with van der Waals surface area (Å²) in [4.78, 5) is 3.25. The van der Waals surface area contributed by atoms with E-state index in [1.807, 2.05) is 36.4 Å². The number of aromatic nitrogens is 2. The summed E-state index contributed by atoms with van der Waals surface area (Å²) < 4.78 is 8.12. The molecule has 0 aliphatic carbocycles. The van der Waals surface area contributed by atoms with Gasteiger partial charge in [-0.05, 0) is 36.8 Å². The fourth-order valence-corrected chi connectivity index (χ4v) is 2.87. The molecule has 3 aromatic rings. The van der Waals surface area contributed by atoms with E-state index in [-0.39, 0.29) is 6.04 Å². The zero-order valence-electron chi connectivity index (χ0n) is 11.5. The highest BCUT2D eigenvalue weighted by Gasteiger charge is 2.13. The van der Waals surface area contributed by atoms with E-state index < -0.39 is 0 Å². The van der Waals surface area contributed by atoms with Crippen LogP contribution in [0.5, 0.6) is 5.75 Å². The predicted octanol–water partition coefficient (Wildman–Crippen LogP) is 4.32. The van der Waals surface area contributed by atoms with Gasteiger partial charge in [0.05, 0.1) is 24.2 Å². The highest BCUT2D eigenvalue weighted by molar-refractivity contribution is 7.71. The number of hydrogen-bond donors (Lipinski definition) is 1. The van der Waals surface area contributed by atoms with E-state index in [9.17, 15) is 0 Å². The molecule has 0 aliphatic rings. The molecule has 1 atom stereocenters. The molecule has 0 fully saturated rings. The number of nitrogens with zero attached hydrogens (tertiary/aromatic N) is 1. The van der Waals surface area contributed by atoms with Crippen molar-refractivity contribution >= 4 is 23.3 Å². The second-order valence-electron chi connectivity index (χ2n) is 4.77. The first-order valence-corrected chi connectivity index (χ1v) is 6.94. The molecule has 1 N–H and O–H groups in total. The molecule has 3 rings (SSSR count). The summed E-state index contributed by atoms with van der Waals surface area (Å²) in [5.41, 5.74) is 3.32. The average molecular weight is 284 g/mol. The molecule has 1 heterocycles. The van der Waals surface area contributed by atoms with Crippen LogP contribution in [0.1, 0.15) is 18.5 Å². The van der Waals surface area contributed by atoms with Gasteiger partial charge in [-0.25, -0.2) is 0 Å². The zero-order valence-corrected chi connectivity index (χ0v) is 12.3. The van der Waals surface area contributed by atoms with Crippen molar-refractivity contribution < 1.29 is 4.74 Å². The summed E-state index contributed by atoms with van der Waals surface area (Å²) >= 11 is 5.48. The van der Waals surface area contributed by atoms with Gasteiger partial charge in [0.2, 0.25) is 0 Å². The van der Waals surface area contributed by atoms with Crippen molar-refractivity contribution in [1.29, 1.82) is 0 Å². The lowest BCUT2D eigenvalue weighted by molar-refractivity contribution is 0.415. The normalized spacial score (nSPS) is 12.5. The summed E-state index contributed by atoms with van der Waals surface area (Å²) in [6.45, 7) is 2.16. The number of rotatable bonds is 3. The van der Waals surface area contributed by atoms with Crippen molar-refractivity contribution in [3.05, 3.63) is 58.9 Å². The molecule has 0 saturated carbocycles. The van der Waals surface area contributed by atoms with Gasteiger partial charge < -0.3 is 14.3 Å². The second kappa shape index (κ2) is 5.13. The topological polar surface area (TPSA) is 29.9 Å². The van der Waals surface area contributed by atoms with Crippen molar-refractivity contribution in [2.24, 2.45) is 0 Å². The molecule has 102 valence electrons. The van der Waals surface area contributed by atoms with Gasteiger partial charge >= 0.3 is 0 Å². The van der Waals surface area contributed by atoms with E-state index >= 15 is 0 Å². The van der Waals surface area contributed by atoms with Gasteiger partial charge in [-0.2, -0.15) is 0 Å². The van der Waals surface area contributed by atoms with Crippen molar-refractivity contribution in [1.82, 2.24) is 9.55 Å². The summed E-state index contributed by atoms with van der Waals surface area (Å²) in [6, 6.07) is 16.5. The largest absolute Gasteiger partial charge is 0.497 e. The predicted molar refractivity (Wildman–Crippen MR) is 83.9 cm³/mol. The summed E-state index contributed by atoms with van der Waals surface area (Å²) in [6.07, 6.45) is 0. The molecular formula is C16H16N2OS. The number of benzene rings is 2. The maximum atomic E-state index is 5.48. The number of imidazole rings is 1. The van der Waals surface area contributed by atoms with Gasteiger partial charge in [-0.3, -0.25) is 0 Å². The number of ether oxygens (including phenoxy) is 1. The molecule has 20 heavy (non-hydrogen) atoms. The molecule has 0 amide bonds. The fourth-order valence-electron chi connectivity index (χ4n) is 2.50. The summed E-state index contributed by atoms with van der Waals surface area (Å²) in [7, 11) is 1.67. The first kappa shape index (κ1) is 12.9. The number of aromatic amines is 1. The molecule has 3 nitrogen and oxygen atoms in total. The molecule has 1 unspecified atom stereocenters. The van der Waals surface area contributed by atoms with Gasteiger partial charge in [0.1, 0.15) is 5.75 Å². The standard InChI is InChI=1S/C16H16N2OS/c1-11(12-6-4-3-5-7-12)18-15-9-8-13(19-2)10-14(15)17-16(18)20/h3-11H,1-2H3,(H,17,20). The molecule has 2 aromatic carbocycles. The van der Waals surface area contributed by atoms with Crippen LogP contribution in [0.25, 0.3) is 11.0 Å². The Balaban J connectivity index is 2.16.